The summed E-state index contributed by atoms with van der Waals surface area (Å²) >= 11 is 0. The summed E-state index contributed by atoms with van der Waals surface area (Å²) in [5, 5.41) is 64.1. The lowest BCUT2D eigenvalue weighted by Crippen LogP contribution is -2.64. The van der Waals surface area contributed by atoms with E-state index in [4.69, 9.17) is 9.47 Å². The molecule has 6 aliphatic rings. The largest absolute Gasteiger partial charge is 0.478 e. The summed E-state index contributed by atoms with van der Waals surface area (Å²) in [5.74, 6) is 0.175. The minimum absolute atomic E-state index is 0.0204. The molecular formula is C35H56O9. The first kappa shape index (κ1) is 32.9. The van der Waals surface area contributed by atoms with E-state index in [0.717, 1.165) is 44.9 Å². The van der Waals surface area contributed by atoms with Crippen LogP contribution in [0.1, 0.15) is 99.3 Å². The Labute approximate surface area is 262 Å². The summed E-state index contributed by atoms with van der Waals surface area (Å²) in [5.41, 5.74) is -0.658. The lowest BCUT2D eigenvalue weighted by atomic mass is 9.40. The molecule has 9 nitrogen and oxygen atoms in total. The quantitative estimate of drug-likeness (QED) is 0.185. The van der Waals surface area contributed by atoms with Gasteiger partial charge in [0, 0.05) is 16.4 Å². The van der Waals surface area contributed by atoms with Crippen LogP contribution in [0.25, 0.3) is 0 Å². The third-order valence-corrected chi connectivity index (χ3v) is 15.1. The highest BCUT2D eigenvalue weighted by atomic mass is 16.7. The first-order valence-corrected chi connectivity index (χ1v) is 17.1. The van der Waals surface area contributed by atoms with Crippen LogP contribution in [-0.4, -0.2) is 86.1 Å². The maximum Gasteiger partial charge on any atom is 0.330 e. The third kappa shape index (κ3) is 4.25. The van der Waals surface area contributed by atoms with Crippen LogP contribution in [0, 0.1) is 50.7 Å². The van der Waals surface area contributed by atoms with E-state index in [2.05, 4.69) is 34.6 Å². The fourth-order valence-corrected chi connectivity index (χ4v) is 12.5. The van der Waals surface area contributed by atoms with E-state index < -0.39 is 53.6 Å². The maximum atomic E-state index is 12.2. The van der Waals surface area contributed by atoms with Crippen molar-refractivity contribution in [2.75, 3.05) is 6.61 Å². The summed E-state index contributed by atoms with van der Waals surface area (Å²) in [7, 11) is 0. The van der Waals surface area contributed by atoms with E-state index in [-0.39, 0.29) is 40.8 Å². The molecule has 5 aliphatic carbocycles. The molecule has 0 aromatic heterocycles. The highest BCUT2D eigenvalue weighted by molar-refractivity contribution is 5.85. The molecule has 9 heteroatoms. The minimum atomic E-state index is -1.31. The van der Waals surface area contributed by atoms with E-state index in [1.54, 1.807) is 13.0 Å². The molecule has 5 saturated carbocycles. The van der Waals surface area contributed by atoms with Crippen LogP contribution < -0.4 is 0 Å². The average Bonchev–Trinajstić information content (AvgIpc) is 3.56. The van der Waals surface area contributed by atoms with Gasteiger partial charge in [-0.25, -0.2) is 4.79 Å². The maximum absolute atomic E-state index is 12.2. The Morgan fingerprint density at radius 1 is 0.955 bits per heavy atom. The van der Waals surface area contributed by atoms with Crippen LogP contribution in [0.5, 0.6) is 0 Å². The van der Waals surface area contributed by atoms with E-state index in [1.807, 2.05) is 0 Å². The van der Waals surface area contributed by atoms with Crippen LogP contribution in [-0.2, 0) is 14.3 Å². The minimum Gasteiger partial charge on any atom is -0.478 e. The second-order valence-corrected chi connectivity index (χ2v) is 16.8. The molecule has 0 amide bonds. The number of hydrogen-bond acceptors (Lipinski definition) is 8. The summed E-state index contributed by atoms with van der Waals surface area (Å²) in [6.07, 6.45) is 3.61. The molecule has 2 spiro atoms. The van der Waals surface area contributed by atoms with Gasteiger partial charge in [-0.05, 0) is 105 Å². The van der Waals surface area contributed by atoms with Crippen molar-refractivity contribution in [2.45, 2.75) is 142 Å². The van der Waals surface area contributed by atoms with Gasteiger partial charge in [-0.15, -0.1) is 0 Å². The van der Waals surface area contributed by atoms with Crippen molar-refractivity contribution < 1.29 is 44.9 Å². The average molecular weight is 621 g/mol. The number of carboxylic acids is 1. The number of hydrogen-bond donors (Lipinski definition) is 6. The number of fused-ring (bicyclic) bond motifs is 2. The van der Waals surface area contributed by atoms with Gasteiger partial charge in [-0.1, -0.05) is 40.7 Å². The Balaban J connectivity index is 1.22. The fraction of sp³-hybridized carbons (Fsp3) is 0.914. The smallest absolute Gasteiger partial charge is 0.330 e. The summed E-state index contributed by atoms with van der Waals surface area (Å²) < 4.78 is 12.0. The lowest BCUT2D eigenvalue weighted by molar-refractivity contribution is -0.304. The van der Waals surface area contributed by atoms with Crippen LogP contribution in [0.3, 0.4) is 0 Å². The van der Waals surface area contributed by atoms with Gasteiger partial charge in [-0.3, -0.25) is 0 Å². The number of aliphatic hydroxyl groups excluding tert-OH is 5. The fourth-order valence-electron chi connectivity index (χ4n) is 12.5. The molecule has 6 fully saturated rings. The molecule has 0 aromatic carbocycles. The van der Waals surface area contributed by atoms with E-state index in [9.17, 15) is 35.4 Å². The van der Waals surface area contributed by atoms with Crippen molar-refractivity contribution in [1.82, 2.24) is 0 Å². The molecule has 1 saturated heterocycles. The summed E-state index contributed by atoms with van der Waals surface area (Å²) in [6, 6.07) is 0. The molecule has 6 rings (SSSR count). The van der Waals surface area contributed by atoms with Crippen molar-refractivity contribution in [1.29, 1.82) is 0 Å². The van der Waals surface area contributed by atoms with Crippen LogP contribution >= 0.6 is 0 Å². The zero-order chi connectivity index (χ0) is 32.2. The molecule has 44 heavy (non-hydrogen) atoms. The Hall–Kier alpha value is -1.07. The first-order valence-electron chi connectivity index (χ1n) is 17.1. The number of ether oxygens (including phenoxy) is 2. The molecule has 0 aromatic rings. The standard InChI is InChI=1S/C35H56O9/c1-18(8-7-9-19(2)29(41)42)20-14-24(37)33(6)23-11-10-22-31(3,4)26(44-30-28(40)27(39)21(36)16-43-30)12-13-34(22)17-35(23,34)15-25(38)32(20,33)5/h9,18,20-28,30,36-40H,7-8,10-17H2,1-6H3,(H,41,42). The Morgan fingerprint density at radius 3 is 2.32 bits per heavy atom. The van der Waals surface area contributed by atoms with Crippen LogP contribution in [0.4, 0.5) is 0 Å². The van der Waals surface area contributed by atoms with Gasteiger partial charge in [0.1, 0.15) is 18.3 Å². The van der Waals surface area contributed by atoms with Gasteiger partial charge in [0.15, 0.2) is 6.29 Å². The Bertz CT molecular complexity index is 1170. The molecule has 1 heterocycles. The third-order valence-electron chi connectivity index (χ3n) is 15.1. The summed E-state index contributed by atoms with van der Waals surface area (Å²) in [4.78, 5) is 11.3. The van der Waals surface area contributed by atoms with Gasteiger partial charge >= 0.3 is 5.97 Å². The molecule has 0 radical (unpaired) electrons. The Morgan fingerprint density at radius 2 is 1.64 bits per heavy atom. The van der Waals surface area contributed by atoms with Gasteiger partial charge in [0.25, 0.3) is 0 Å². The molecule has 0 bridgehead atoms. The van der Waals surface area contributed by atoms with Crippen LogP contribution in [0.2, 0.25) is 0 Å². The SMILES string of the molecule is CC(=CCCC(C)C1CC(O)C2(C)C3CCC4C(C)(C)C(OC5OCC(O)C(O)C5O)CCC45CC35CC(O)C12C)C(=O)O. The lowest BCUT2D eigenvalue weighted by Gasteiger charge is -2.65. The molecular weight excluding hydrogens is 564 g/mol. The molecule has 15 atom stereocenters. The number of aliphatic hydroxyl groups is 5. The predicted molar refractivity (Wildman–Crippen MR) is 162 cm³/mol. The highest BCUT2D eigenvalue weighted by Crippen LogP contribution is 2.89. The van der Waals surface area contributed by atoms with Gasteiger partial charge in [0.05, 0.1) is 24.9 Å². The second-order valence-electron chi connectivity index (χ2n) is 16.8. The number of carboxylic acid groups (broad SMARTS) is 1. The van der Waals surface area contributed by atoms with Gasteiger partial charge < -0.3 is 40.1 Å². The van der Waals surface area contributed by atoms with Gasteiger partial charge in [0.2, 0.25) is 0 Å². The number of carbonyl (C=O) groups is 1. The Kier molecular flexibility index (Phi) is 8.01. The highest BCUT2D eigenvalue weighted by Gasteiger charge is 2.85. The predicted octanol–water partition coefficient (Wildman–Crippen LogP) is 3.64. The normalized spacial score (nSPS) is 53.6. The van der Waals surface area contributed by atoms with E-state index in [1.165, 1.54) is 0 Å². The number of allylic oxidation sites excluding steroid dienone is 1. The molecule has 250 valence electrons. The molecule has 15 unspecified atom stereocenters. The van der Waals surface area contributed by atoms with Crippen molar-refractivity contribution in [3.05, 3.63) is 11.6 Å². The zero-order valence-electron chi connectivity index (χ0n) is 27.4. The van der Waals surface area contributed by atoms with Crippen molar-refractivity contribution in [3.8, 4) is 0 Å². The second kappa shape index (κ2) is 10.7. The van der Waals surface area contributed by atoms with Crippen molar-refractivity contribution in [3.63, 3.8) is 0 Å². The van der Waals surface area contributed by atoms with Crippen LogP contribution in [0.15, 0.2) is 11.6 Å². The number of aliphatic carboxylic acids is 1. The molecule has 6 N–H and O–H groups in total. The topological polar surface area (TPSA) is 157 Å². The van der Waals surface area contributed by atoms with E-state index >= 15 is 0 Å². The molecule has 1 aliphatic heterocycles. The number of rotatable bonds is 7. The van der Waals surface area contributed by atoms with E-state index in [0.29, 0.717) is 30.3 Å². The van der Waals surface area contributed by atoms with Crippen molar-refractivity contribution in [2.24, 2.45) is 50.7 Å². The first-order chi connectivity index (χ1) is 20.5. The summed E-state index contributed by atoms with van der Waals surface area (Å²) in [6.45, 7) is 12.8. The monoisotopic (exact) mass is 620 g/mol. The van der Waals surface area contributed by atoms with Crippen molar-refractivity contribution >= 4 is 5.97 Å². The zero-order valence-corrected chi connectivity index (χ0v) is 27.4. The van der Waals surface area contributed by atoms with Gasteiger partial charge in [-0.2, -0.15) is 0 Å².